The molecule has 1 unspecified atom stereocenters. The highest BCUT2D eigenvalue weighted by Gasteiger charge is 2.42. The number of hydrogen-bond acceptors (Lipinski definition) is 6. The molecule has 2 amide bonds. The average molecular weight is 373 g/mol. The first kappa shape index (κ1) is 18.4. The Morgan fingerprint density at radius 1 is 1.33 bits per heavy atom. The van der Waals surface area contributed by atoms with Crippen LogP contribution in [0.3, 0.4) is 0 Å². The summed E-state index contributed by atoms with van der Waals surface area (Å²) in [6, 6.07) is 6.45. The molecular formula is C17H19N5O5. The minimum Gasteiger partial charge on any atom is -0.481 e. The molecule has 1 aromatic carbocycles. The molecule has 1 aliphatic rings. The molecule has 0 bridgehead atoms. The molecule has 142 valence electrons. The normalized spacial score (nSPS) is 19.0. The number of anilines is 1. The molecule has 0 aliphatic carbocycles. The van der Waals surface area contributed by atoms with Gasteiger partial charge in [0.1, 0.15) is 0 Å². The Kier molecular flexibility index (Phi) is 4.80. The molecule has 3 rings (SSSR count). The fourth-order valence-electron chi connectivity index (χ4n) is 2.83. The first-order valence-corrected chi connectivity index (χ1v) is 8.23. The zero-order valence-electron chi connectivity index (χ0n) is 14.9. The number of benzene rings is 1. The quantitative estimate of drug-likeness (QED) is 0.775. The number of methoxy groups -OCH3 is 1. The monoisotopic (exact) mass is 373 g/mol. The third-order valence-electron chi connectivity index (χ3n) is 4.53. The molecule has 10 heteroatoms. The highest BCUT2D eigenvalue weighted by molar-refractivity contribution is 5.90. The topological polar surface area (TPSA) is 127 Å². The smallest absolute Gasteiger partial charge is 0.360 e. The maximum atomic E-state index is 12.4. The summed E-state index contributed by atoms with van der Waals surface area (Å²) < 4.78 is 5.98. The molecule has 10 nitrogen and oxygen atoms in total. The van der Waals surface area contributed by atoms with Crippen LogP contribution in [0.1, 0.15) is 23.8 Å². The lowest BCUT2D eigenvalue weighted by Gasteiger charge is -2.20. The van der Waals surface area contributed by atoms with Gasteiger partial charge in [-0.15, -0.1) is 5.10 Å². The summed E-state index contributed by atoms with van der Waals surface area (Å²) in [4.78, 5) is 36.7. The molecule has 1 fully saturated rings. The first-order valence-electron chi connectivity index (χ1n) is 8.23. The molecule has 0 saturated carbocycles. The van der Waals surface area contributed by atoms with E-state index < -0.39 is 17.4 Å². The minimum absolute atomic E-state index is 0.0666. The summed E-state index contributed by atoms with van der Waals surface area (Å²) in [5.41, 5.74) is 0.241. The summed E-state index contributed by atoms with van der Waals surface area (Å²) in [5.74, 6) is -1.51. The van der Waals surface area contributed by atoms with Crippen molar-refractivity contribution in [1.29, 1.82) is 0 Å². The highest BCUT2D eigenvalue weighted by Crippen LogP contribution is 2.30. The summed E-state index contributed by atoms with van der Waals surface area (Å²) >= 11 is 0. The third kappa shape index (κ3) is 3.73. The largest absolute Gasteiger partial charge is 0.481 e. The first-order chi connectivity index (χ1) is 12.8. The number of carbonyl (C=O) groups excluding carboxylic acids is 2. The predicted octanol–water partition coefficient (Wildman–Crippen LogP) is 1.38. The number of nitrogens with one attached hydrogen (secondary N) is 1. The maximum Gasteiger partial charge on any atom is 0.360 e. The Hall–Kier alpha value is -3.43. The summed E-state index contributed by atoms with van der Waals surface area (Å²) in [6.07, 6.45) is 1.83. The van der Waals surface area contributed by atoms with Gasteiger partial charge in [-0.05, 0) is 31.5 Å². The zero-order chi connectivity index (χ0) is 19.6. The van der Waals surface area contributed by atoms with Gasteiger partial charge in [-0.3, -0.25) is 4.79 Å². The van der Waals surface area contributed by atoms with E-state index in [-0.39, 0.29) is 18.3 Å². The van der Waals surface area contributed by atoms with Gasteiger partial charge in [0.15, 0.2) is 5.69 Å². The van der Waals surface area contributed by atoms with Crippen molar-refractivity contribution < 1.29 is 24.2 Å². The van der Waals surface area contributed by atoms with Gasteiger partial charge in [0.05, 0.1) is 24.4 Å². The van der Waals surface area contributed by atoms with Crippen molar-refractivity contribution in [2.24, 2.45) is 5.41 Å². The SMILES string of the molecule is COC(=O)c1cn(-c2cccc(NC(=O)N3CCC(C)(C(=O)O)C3)c2)nn1. The van der Waals surface area contributed by atoms with E-state index in [1.54, 1.807) is 31.2 Å². The Bertz CT molecular complexity index is 895. The Morgan fingerprint density at radius 3 is 2.78 bits per heavy atom. The van der Waals surface area contributed by atoms with Crippen LogP contribution >= 0.6 is 0 Å². The van der Waals surface area contributed by atoms with Crippen LogP contribution in [0.2, 0.25) is 0 Å². The van der Waals surface area contributed by atoms with E-state index in [4.69, 9.17) is 0 Å². The number of likely N-dealkylation sites (tertiary alicyclic amines) is 1. The fourth-order valence-corrected chi connectivity index (χ4v) is 2.83. The van der Waals surface area contributed by atoms with E-state index in [9.17, 15) is 19.5 Å². The molecule has 1 aliphatic heterocycles. The number of ether oxygens (including phenoxy) is 1. The van der Waals surface area contributed by atoms with Crippen molar-refractivity contribution in [3.05, 3.63) is 36.2 Å². The number of rotatable bonds is 4. The summed E-state index contributed by atoms with van der Waals surface area (Å²) in [6.45, 7) is 2.16. The number of esters is 1. The number of carbonyl (C=O) groups is 3. The lowest BCUT2D eigenvalue weighted by molar-refractivity contribution is -0.146. The predicted molar refractivity (Wildman–Crippen MR) is 93.7 cm³/mol. The summed E-state index contributed by atoms with van der Waals surface area (Å²) in [7, 11) is 1.26. The maximum absolute atomic E-state index is 12.4. The van der Waals surface area contributed by atoms with Crippen LogP contribution in [0.5, 0.6) is 0 Å². The van der Waals surface area contributed by atoms with E-state index in [2.05, 4.69) is 20.4 Å². The van der Waals surface area contributed by atoms with Crippen LogP contribution in [0.4, 0.5) is 10.5 Å². The van der Waals surface area contributed by atoms with Crippen molar-refractivity contribution in [2.45, 2.75) is 13.3 Å². The molecule has 1 atom stereocenters. The lowest BCUT2D eigenvalue weighted by atomic mass is 9.90. The van der Waals surface area contributed by atoms with Crippen LogP contribution in [0, 0.1) is 5.41 Å². The van der Waals surface area contributed by atoms with Crippen LogP contribution in [-0.4, -0.2) is 63.2 Å². The lowest BCUT2D eigenvalue weighted by Crippen LogP contribution is -2.37. The number of carboxylic acid groups (broad SMARTS) is 1. The number of urea groups is 1. The van der Waals surface area contributed by atoms with E-state index >= 15 is 0 Å². The van der Waals surface area contributed by atoms with Gasteiger partial charge in [0.2, 0.25) is 0 Å². The number of hydrogen-bond donors (Lipinski definition) is 2. The number of carboxylic acids is 1. The molecule has 0 spiro atoms. The van der Waals surface area contributed by atoms with Gasteiger partial charge in [-0.2, -0.15) is 0 Å². The second kappa shape index (κ2) is 7.06. The molecule has 1 saturated heterocycles. The van der Waals surface area contributed by atoms with Gasteiger partial charge in [-0.1, -0.05) is 11.3 Å². The average Bonchev–Trinajstić information content (AvgIpc) is 3.29. The van der Waals surface area contributed by atoms with E-state index in [0.29, 0.717) is 24.3 Å². The molecular weight excluding hydrogens is 354 g/mol. The second-order valence-electron chi connectivity index (χ2n) is 6.56. The Balaban J connectivity index is 1.71. The number of aliphatic carboxylic acids is 1. The van der Waals surface area contributed by atoms with Crippen molar-refractivity contribution in [3.63, 3.8) is 0 Å². The van der Waals surface area contributed by atoms with Crippen molar-refractivity contribution in [2.75, 3.05) is 25.5 Å². The van der Waals surface area contributed by atoms with Gasteiger partial charge in [0, 0.05) is 18.8 Å². The third-order valence-corrected chi connectivity index (χ3v) is 4.53. The van der Waals surface area contributed by atoms with Crippen molar-refractivity contribution in [1.82, 2.24) is 19.9 Å². The number of aromatic nitrogens is 3. The van der Waals surface area contributed by atoms with Crippen LogP contribution in [0.25, 0.3) is 5.69 Å². The van der Waals surface area contributed by atoms with Crippen molar-refractivity contribution in [3.8, 4) is 5.69 Å². The Labute approximate surface area is 154 Å². The molecule has 2 heterocycles. The molecule has 1 aromatic heterocycles. The van der Waals surface area contributed by atoms with Gasteiger partial charge >= 0.3 is 18.0 Å². The van der Waals surface area contributed by atoms with Gasteiger partial charge in [-0.25, -0.2) is 14.3 Å². The summed E-state index contributed by atoms with van der Waals surface area (Å²) in [5, 5.41) is 19.6. The van der Waals surface area contributed by atoms with E-state index in [1.165, 1.54) is 22.9 Å². The van der Waals surface area contributed by atoms with Crippen LogP contribution in [-0.2, 0) is 9.53 Å². The molecule has 2 N–H and O–H groups in total. The van der Waals surface area contributed by atoms with Crippen LogP contribution in [0.15, 0.2) is 30.5 Å². The van der Waals surface area contributed by atoms with E-state index in [1.807, 2.05) is 0 Å². The standard InChI is InChI=1S/C17H19N5O5/c1-17(15(24)25)6-7-21(10-17)16(26)18-11-4-3-5-12(8-11)22-9-13(19-20-22)14(23)27-2/h3-5,8-9H,6-7,10H2,1-2H3,(H,18,26)(H,24,25). The second-order valence-corrected chi connectivity index (χ2v) is 6.56. The van der Waals surface area contributed by atoms with E-state index in [0.717, 1.165) is 0 Å². The minimum atomic E-state index is -0.926. The number of nitrogens with zero attached hydrogens (tertiary/aromatic N) is 4. The Morgan fingerprint density at radius 2 is 2.11 bits per heavy atom. The fraction of sp³-hybridized carbons (Fsp3) is 0.353. The highest BCUT2D eigenvalue weighted by atomic mass is 16.5. The van der Waals surface area contributed by atoms with Gasteiger partial charge < -0.3 is 20.1 Å². The van der Waals surface area contributed by atoms with Crippen molar-refractivity contribution >= 4 is 23.7 Å². The molecule has 0 radical (unpaired) electrons. The van der Waals surface area contributed by atoms with Crippen LogP contribution < -0.4 is 5.32 Å². The molecule has 27 heavy (non-hydrogen) atoms. The number of amides is 2. The zero-order valence-corrected chi connectivity index (χ0v) is 14.9. The van der Waals surface area contributed by atoms with Gasteiger partial charge in [0.25, 0.3) is 0 Å². The molecule has 2 aromatic rings.